The molecule has 7 heteroatoms. The van der Waals surface area contributed by atoms with Crippen LogP contribution in [0, 0.1) is 0 Å². The van der Waals surface area contributed by atoms with E-state index in [2.05, 4.69) is 20.9 Å². The molecule has 1 aliphatic carbocycles. The maximum absolute atomic E-state index is 13.1. The first-order chi connectivity index (χ1) is 16.1. The number of anilines is 2. The van der Waals surface area contributed by atoms with Crippen molar-refractivity contribution in [3.05, 3.63) is 71.5 Å². The van der Waals surface area contributed by atoms with Gasteiger partial charge in [-0.3, -0.25) is 9.59 Å². The van der Waals surface area contributed by atoms with Crippen LogP contribution in [0.1, 0.15) is 40.7 Å². The van der Waals surface area contributed by atoms with Crippen molar-refractivity contribution in [3.63, 3.8) is 0 Å². The van der Waals surface area contributed by atoms with Gasteiger partial charge >= 0.3 is 0 Å². The molecule has 2 N–H and O–H groups in total. The first-order valence-electron chi connectivity index (χ1n) is 11.3. The monoisotopic (exact) mass is 438 g/mol. The molecule has 33 heavy (non-hydrogen) atoms. The van der Waals surface area contributed by atoms with Gasteiger partial charge in [-0.15, -0.1) is 0 Å². The normalized spacial score (nSPS) is 20.2. The molecular weight excluding hydrogens is 414 g/mol. The van der Waals surface area contributed by atoms with Crippen LogP contribution in [0.15, 0.2) is 54.9 Å². The summed E-state index contributed by atoms with van der Waals surface area (Å²) in [4.78, 5) is 37.3. The second-order valence-corrected chi connectivity index (χ2v) is 9.35. The fourth-order valence-corrected chi connectivity index (χ4v) is 5.09. The van der Waals surface area contributed by atoms with Crippen molar-refractivity contribution in [3.8, 4) is 11.1 Å². The summed E-state index contributed by atoms with van der Waals surface area (Å²) in [7, 11) is 0. The second-order valence-electron chi connectivity index (χ2n) is 9.35. The molecule has 6 rings (SSSR count). The maximum Gasteiger partial charge on any atom is 0.253 e. The van der Waals surface area contributed by atoms with Crippen LogP contribution in [0.5, 0.6) is 0 Å². The number of fused-ring (bicyclic) bond motifs is 2. The summed E-state index contributed by atoms with van der Waals surface area (Å²) < 4.78 is 0. The highest BCUT2D eigenvalue weighted by Crippen LogP contribution is 2.57. The third kappa shape index (κ3) is 3.40. The Morgan fingerprint density at radius 1 is 1.09 bits per heavy atom. The Hall–Kier alpha value is -3.58. The molecule has 3 aromatic rings. The average molecular weight is 439 g/mol. The zero-order valence-electron chi connectivity index (χ0n) is 18.2. The molecule has 1 amide bonds. The van der Waals surface area contributed by atoms with E-state index in [1.165, 1.54) is 5.56 Å². The van der Waals surface area contributed by atoms with Crippen LogP contribution in [-0.4, -0.2) is 52.7 Å². The van der Waals surface area contributed by atoms with Crippen LogP contribution in [0.2, 0.25) is 0 Å². The van der Waals surface area contributed by atoms with Crippen molar-refractivity contribution < 1.29 is 9.59 Å². The molecule has 3 aliphatic rings. The van der Waals surface area contributed by atoms with Gasteiger partial charge < -0.3 is 15.5 Å². The minimum atomic E-state index is 0.0329. The predicted octanol–water partition coefficient (Wildman–Crippen LogP) is 2.96. The quantitative estimate of drug-likeness (QED) is 0.673. The lowest BCUT2D eigenvalue weighted by Crippen LogP contribution is -2.31. The van der Waals surface area contributed by atoms with Crippen molar-refractivity contribution in [2.24, 2.45) is 5.73 Å². The molecule has 1 aromatic heterocycles. The molecule has 165 valence electrons. The summed E-state index contributed by atoms with van der Waals surface area (Å²) in [5, 5.41) is 0. The predicted molar refractivity (Wildman–Crippen MR) is 125 cm³/mol. The minimum absolute atomic E-state index is 0.0329. The Kier molecular flexibility index (Phi) is 4.55. The smallest absolute Gasteiger partial charge is 0.253 e. The molecule has 1 saturated carbocycles. The van der Waals surface area contributed by atoms with Gasteiger partial charge in [-0.1, -0.05) is 24.3 Å². The molecule has 1 atom stereocenters. The molecule has 2 aliphatic heterocycles. The molecule has 7 nitrogen and oxygen atoms in total. The highest BCUT2D eigenvalue weighted by atomic mass is 16.2. The first-order valence-corrected chi connectivity index (χ1v) is 11.3. The van der Waals surface area contributed by atoms with E-state index in [-0.39, 0.29) is 17.4 Å². The second kappa shape index (κ2) is 7.49. The lowest BCUT2D eigenvalue weighted by atomic mass is 9.97. The Labute approximate surface area is 192 Å². The number of nitrogens with two attached hydrogens (primary N) is 1. The van der Waals surface area contributed by atoms with Gasteiger partial charge in [0.15, 0.2) is 0 Å². The summed E-state index contributed by atoms with van der Waals surface area (Å²) in [6.07, 6.45) is 8.61. The number of carbonyl (C=O) groups is 1. The van der Waals surface area contributed by atoms with Gasteiger partial charge in [0, 0.05) is 65.9 Å². The standard InChI is InChI=1S/C26H24N5O2/c27-21-6-9-30(14-21)24(33)19-4-5-22-23(11-19)31(16-26(22)7-8-26)25-28-12-20(13-29-25)18-3-1-2-17(10-18)15-32/h1-5,10-13,21H,6-9,14,16,27H2/t21-/m1/s1. The van der Waals surface area contributed by atoms with E-state index >= 15 is 0 Å². The molecule has 0 bridgehead atoms. The third-order valence-electron chi connectivity index (χ3n) is 7.13. The Bertz CT molecular complexity index is 1250. The zero-order chi connectivity index (χ0) is 22.6. The Morgan fingerprint density at radius 3 is 2.61 bits per heavy atom. The maximum atomic E-state index is 13.1. The van der Waals surface area contributed by atoms with Gasteiger partial charge in [0.2, 0.25) is 12.2 Å². The number of likely N-dealkylation sites (tertiary alicyclic amines) is 1. The van der Waals surface area contributed by atoms with Crippen LogP contribution < -0.4 is 10.6 Å². The van der Waals surface area contributed by atoms with Crippen LogP contribution >= 0.6 is 0 Å². The average Bonchev–Trinajstić information content (AvgIpc) is 3.40. The third-order valence-corrected chi connectivity index (χ3v) is 7.13. The van der Waals surface area contributed by atoms with Gasteiger partial charge in [0.05, 0.1) is 0 Å². The largest absolute Gasteiger partial charge is 0.337 e. The zero-order valence-corrected chi connectivity index (χ0v) is 18.2. The molecule has 2 fully saturated rings. The highest BCUT2D eigenvalue weighted by molar-refractivity contribution is 5.96. The Balaban J connectivity index is 1.32. The molecule has 3 heterocycles. The number of amides is 1. The summed E-state index contributed by atoms with van der Waals surface area (Å²) in [5.74, 6) is 0.653. The summed E-state index contributed by atoms with van der Waals surface area (Å²) in [6.45, 7) is 2.14. The van der Waals surface area contributed by atoms with Crippen molar-refractivity contribution in [2.45, 2.75) is 30.7 Å². The van der Waals surface area contributed by atoms with E-state index < -0.39 is 0 Å². The number of nitrogens with zero attached hydrogens (tertiary/aromatic N) is 4. The van der Waals surface area contributed by atoms with E-state index in [4.69, 9.17) is 5.73 Å². The van der Waals surface area contributed by atoms with E-state index in [0.717, 1.165) is 42.6 Å². The molecular formula is C26H24N5O2. The number of hydrogen-bond acceptors (Lipinski definition) is 6. The first kappa shape index (κ1) is 20.1. The molecule has 1 radical (unpaired) electrons. The number of carbonyl (C=O) groups excluding carboxylic acids is 2. The van der Waals surface area contributed by atoms with Crippen molar-refractivity contribution >= 4 is 23.8 Å². The summed E-state index contributed by atoms with van der Waals surface area (Å²) in [6, 6.07) is 13.4. The number of aromatic nitrogens is 2. The summed E-state index contributed by atoms with van der Waals surface area (Å²) in [5.41, 5.74) is 11.3. The van der Waals surface area contributed by atoms with Crippen molar-refractivity contribution in [1.29, 1.82) is 0 Å². The number of rotatable bonds is 4. The van der Waals surface area contributed by atoms with Gasteiger partial charge in [0.25, 0.3) is 5.91 Å². The fraction of sp³-hybridized carbons (Fsp3) is 0.308. The lowest BCUT2D eigenvalue weighted by molar-refractivity contribution is 0.0791. The van der Waals surface area contributed by atoms with Crippen LogP contribution in [0.3, 0.4) is 0 Å². The number of benzene rings is 2. The lowest BCUT2D eigenvalue weighted by Gasteiger charge is -2.20. The van der Waals surface area contributed by atoms with E-state index in [1.54, 1.807) is 24.5 Å². The fourth-order valence-electron chi connectivity index (χ4n) is 5.09. The topological polar surface area (TPSA) is 92.4 Å². The Morgan fingerprint density at radius 2 is 1.91 bits per heavy atom. The van der Waals surface area contributed by atoms with Crippen molar-refractivity contribution in [2.75, 3.05) is 24.5 Å². The number of hydrogen-bond donors (Lipinski definition) is 1. The van der Waals surface area contributed by atoms with E-state index in [0.29, 0.717) is 30.2 Å². The van der Waals surface area contributed by atoms with E-state index in [9.17, 15) is 9.59 Å². The highest BCUT2D eigenvalue weighted by Gasteiger charge is 2.52. The molecule has 0 unspecified atom stereocenters. The van der Waals surface area contributed by atoms with Crippen LogP contribution in [0.4, 0.5) is 11.6 Å². The van der Waals surface area contributed by atoms with Crippen molar-refractivity contribution in [1.82, 2.24) is 14.9 Å². The van der Waals surface area contributed by atoms with Gasteiger partial charge in [-0.05, 0) is 48.6 Å². The van der Waals surface area contributed by atoms with E-state index in [1.807, 2.05) is 35.5 Å². The molecule has 2 aromatic carbocycles. The van der Waals surface area contributed by atoms with Crippen LogP contribution in [-0.2, 0) is 10.2 Å². The van der Waals surface area contributed by atoms with Gasteiger partial charge in [-0.2, -0.15) is 0 Å². The molecule has 1 spiro atoms. The SMILES string of the molecule is N[C@@H]1CCN(C(=O)c2ccc3c(c2)N(c2ncc(-c4cccc([C]=O)c4)cn2)CC32CC2)C1. The van der Waals surface area contributed by atoms with Gasteiger partial charge in [0.1, 0.15) is 0 Å². The minimum Gasteiger partial charge on any atom is -0.337 e. The molecule has 1 saturated heterocycles. The van der Waals surface area contributed by atoms with Gasteiger partial charge in [-0.25, -0.2) is 9.97 Å². The summed E-state index contributed by atoms with van der Waals surface area (Å²) >= 11 is 0. The van der Waals surface area contributed by atoms with Crippen LogP contribution in [0.25, 0.3) is 11.1 Å².